The Hall–Kier alpha value is -1.38. The number of nitrogens with one attached hydrogen (secondary N) is 1. The average Bonchev–Trinajstić information content (AvgIpc) is 2.42. The molecule has 0 heterocycles. The molecule has 0 fully saturated rings. The van der Waals surface area contributed by atoms with Crippen molar-refractivity contribution in [2.24, 2.45) is 0 Å². The van der Waals surface area contributed by atoms with Crippen LogP contribution in [0, 0.1) is 13.8 Å². The molecule has 2 aromatic carbocycles. The Labute approximate surface area is 129 Å². The largest absolute Gasteiger partial charge is 0.491 e. The number of aryl methyl sites for hydroxylation is 2. The Bertz CT molecular complexity index is 546. The molecule has 0 aliphatic heterocycles. The number of rotatable bonds is 5. The van der Waals surface area contributed by atoms with Crippen LogP contribution in [0.5, 0.6) is 5.75 Å². The lowest BCUT2D eigenvalue weighted by atomic mass is 10.1. The zero-order valence-electron chi connectivity index (χ0n) is 11.5. The maximum absolute atomic E-state index is 6.08. The Morgan fingerprint density at radius 3 is 2.65 bits per heavy atom. The normalized spacial score (nSPS) is 10.4. The molecule has 0 aromatic heterocycles. The van der Waals surface area contributed by atoms with E-state index in [0.717, 1.165) is 17.0 Å². The molecule has 0 aliphatic carbocycles. The van der Waals surface area contributed by atoms with E-state index in [0.29, 0.717) is 23.2 Å². The van der Waals surface area contributed by atoms with Gasteiger partial charge in [0, 0.05) is 11.6 Å². The smallest absolute Gasteiger partial charge is 0.122 e. The van der Waals surface area contributed by atoms with E-state index in [1.807, 2.05) is 19.1 Å². The van der Waals surface area contributed by atoms with Gasteiger partial charge in [-0.2, -0.15) is 0 Å². The minimum absolute atomic E-state index is 0.563. The molecule has 20 heavy (non-hydrogen) atoms. The lowest BCUT2D eigenvalue weighted by Gasteiger charge is -2.12. The maximum Gasteiger partial charge on any atom is 0.122 e. The predicted octanol–water partition coefficient (Wildman–Crippen LogP) is 5.10. The van der Waals surface area contributed by atoms with Crippen LogP contribution in [0.25, 0.3) is 0 Å². The summed E-state index contributed by atoms with van der Waals surface area (Å²) in [5.74, 6) is 0.920. The van der Waals surface area contributed by atoms with Gasteiger partial charge in [0.25, 0.3) is 0 Å². The first-order valence-electron chi connectivity index (χ1n) is 6.45. The van der Waals surface area contributed by atoms with Gasteiger partial charge in [-0.3, -0.25) is 0 Å². The SMILES string of the molecule is Cc1ccc(C)c(OCCNc2cc(Cl)ccc2Cl)c1. The van der Waals surface area contributed by atoms with Gasteiger partial charge in [-0.25, -0.2) is 0 Å². The topological polar surface area (TPSA) is 21.3 Å². The fraction of sp³-hybridized carbons (Fsp3) is 0.250. The molecule has 1 N–H and O–H groups in total. The first-order valence-corrected chi connectivity index (χ1v) is 7.21. The summed E-state index contributed by atoms with van der Waals surface area (Å²) in [6.45, 7) is 5.31. The first-order chi connectivity index (χ1) is 9.56. The number of halogens is 2. The highest BCUT2D eigenvalue weighted by molar-refractivity contribution is 6.35. The summed E-state index contributed by atoms with van der Waals surface area (Å²) in [4.78, 5) is 0. The molecule has 0 radical (unpaired) electrons. The quantitative estimate of drug-likeness (QED) is 0.776. The van der Waals surface area contributed by atoms with Crippen molar-refractivity contribution in [1.29, 1.82) is 0 Å². The lowest BCUT2D eigenvalue weighted by molar-refractivity contribution is 0.330. The van der Waals surface area contributed by atoms with E-state index in [1.54, 1.807) is 12.1 Å². The minimum Gasteiger partial charge on any atom is -0.491 e. The van der Waals surface area contributed by atoms with E-state index in [-0.39, 0.29) is 0 Å². The number of benzene rings is 2. The van der Waals surface area contributed by atoms with E-state index in [1.165, 1.54) is 5.56 Å². The third kappa shape index (κ3) is 4.06. The monoisotopic (exact) mass is 309 g/mol. The van der Waals surface area contributed by atoms with Crippen LogP contribution >= 0.6 is 23.2 Å². The van der Waals surface area contributed by atoms with Gasteiger partial charge in [0.1, 0.15) is 12.4 Å². The molecule has 0 saturated carbocycles. The first kappa shape index (κ1) is 15.0. The molecule has 0 bridgehead atoms. The van der Waals surface area contributed by atoms with E-state index >= 15 is 0 Å². The van der Waals surface area contributed by atoms with Gasteiger partial charge in [0.2, 0.25) is 0 Å². The fourth-order valence-electron chi connectivity index (χ4n) is 1.84. The van der Waals surface area contributed by atoms with Crippen molar-refractivity contribution in [2.75, 3.05) is 18.5 Å². The summed E-state index contributed by atoms with van der Waals surface area (Å²) in [5.41, 5.74) is 3.15. The van der Waals surface area contributed by atoms with E-state index < -0.39 is 0 Å². The molecular weight excluding hydrogens is 293 g/mol. The van der Waals surface area contributed by atoms with Crippen LogP contribution in [0.3, 0.4) is 0 Å². The summed E-state index contributed by atoms with van der Waals surface area (Å²) in [5, 5.41) is 4.53. The number of anilines is 1. The van der Waals surface area contributed by atoms with Crippen molar-refractivity contribution in [3.63, 3.8) is 0 Å². The van der Waals surface area contributed by atoms with Crippen molar-refractivity contribution in [3.8, 4) is 5.75 Å². The second-order valence-electron chi connectivity index (χ2n) is 4.67. The molecular formula is C16H17Cl2NO. The third-order valence-electron chi connectivity index (χ3n) is 2.95. The molecule has 0 spiro atoms. The van der Waals surface area contributed by atoms with Crippen molar-refractivity contribution in [3.05, 3.63) is 57.6 Å². The molecule has 0 amide bonds. The molecule has 2 rings (SSSR count). The summed E-state index contributed by atoms with van der Waals surface area (Å²) in [6.07, 6.45) is 0. The zero-order valence-corrected chi connectivity index (χ0v) is 13.1. The van der Waals surface area contributed by atoms with Crippen LogP contribution < -0.4 is 10.1 Å². The Balaban J connectivity index is 1.87. The maximum atomic E-state index is 6.08. The van der Waals surface area contributed by atoms with Crippen molar-refractivity contribution in [2.45, 2.75) is 13.8 Å². The molecule has 2 nitrogen and oxygen atoms in total. The molecule has 0 atom stereocenters. The summed E-state index contributed by atoms with van der Waals surface area (Å²) in [6, 6.07) is 11.5. The second-order valence-corrected chi connectivity index (χ2v) is 5.51. The highest BCUT2D eigenvalue weighted by Gasteiger charge is 2.02. The Morgan fingerprint density at radius 1 is 1.05 bits per heavy atom. The highest BCUT2D eigenvalue weighted by Crippen LogP contribution is 2.25. The third-order valence-corrected chi connectivity index (χ3v) is 3.51. The number of hydrogen-bond acceptors (Lipinski definition) is 2. The molecule has 2 aromatic rings. The predicted molar refractivity (Wildman–Crippen MR) is 86.4 cm³/mol. The van der Waals surface area contributed by atoms with Crippen molar-refractivity contribution >= 4 is 28.9 Å². The molecule has 0 saturated heterocycles. The average molecular weight is 310 g/mol. The highest BCUT2D eigenvalue weighted by atomic mass is 35.5. The van der Waals surface area contributed by atoms with Crippen molar-refractivity contribution < 1.29 is 4.74 Å². The summed E-state index contributed by atoms with van der Waals surface area (Å²) < 4.78 is 5.77. The van der Waals surface area contributed by atoms with Gasteiger partial charge >= 0.3 is 0 Å². The molecule has 4 heteroatoms. The van der Waals surface area contributed by atoms with Crippen LogP contribution in [0.1, 0.15) is 11.1 Å². The second kappa shape index (κ2) is 6.87. The van der Waals surface area contributed by atoms with E-state index in [4.69, 9.17) is 27.9 Å². The number of ether oxygens (including phenoxy) is 1. The van der Waals surface area contributed by atoms with E-state index in [9.17, 15) is 0 Å². The van der Waals surface area contributed by atoms with E-state index in [2.05, 4.69) is 24.4 Å². The standard InChI is InChI=1S/C16H17Cl2NO/c1-11-3-4-12(2)16(9-11)20-8-7-19-15-10-13(17)5-6-14(15)18/h3-6,9-10,19H,7-8H2,1-2H3. The van der Waals surface area contributed by atoms with Gasteiger partial charge < -0.3 is 10.1 Å². The molecule has 0 aliphatic rings. The van der Waals surface area contributed by atoms with Crippen LogP contribution in [0.4, 0.5) is 5.69 Å². The zero-order chi connectivity index (χ0) is 14.5. The van der Waals surface area contributed by atoms with Gasteiger partial charge in [0.15, 0.2) is 0 Å². The van der Waals surface area contributed by atoms with Crippen LogP contribution in [0.15, 0.2) is 36.4 Å². The van der Waals surface area contributed by atoms with Gasteiger partial charge in [0.05, 0.1) is 10.7 Å². The summed E-state index contributed by atoms with van der Waals surface area (Å²) in [7, 11) is 0. The van der Waals surface area contributed by atoms with Gasteiger partial charge in [-0.15, -0.1) is 0 Å². The minimum atomic E-state index is 0.563. The fourth-order valence-corrected chi connectivity index (χ4v) is 2.20. The lowest BCUT2D eigenvalue weighted by Crippen LogP contribution is -2.12. The van der Waals surface area contributed by atoms with Gasteiger partial charge in [-0.05, 0) is 49.2 Å². The van der Waals surface area contributed by atoms with Crippen LogP contribution in [-0.4, -0.2) is 13.2 Å². The Kier molecular flexibility index (Phi) is 5.16. The van der Waals surface area contributed by atoms with Crippen LogP contribution in [0.2, 0.25) is 10.0 Å². The van der Waals surface area contributed by atoms with Crippen LogP contribution in [-0.2, 0) is 0 Å². The summed E-state index contributed by atoms with van der Waals surface area (Å²) >= 11 is 12.0. The molecule has 0 unspecified atom stereocenters. The number of hydrogen-bond donors (Lipinski definition) is 1. The Morgan fingerprint density at radius 2 is 1.85 bits per heavy atom. The van der Waals surface area contributed by atoms with Gasteiger partial charge in [-0.1, -0.05) is 35.3 Å². The van der Waals surface area contributed by atoms with Crippen molar-refractivity contribution in [1.82, 2.24) is 0 Å². The molecule has 106 valence electrons.